The molecule has 1 heterocycles. The van der Waals surface area contributed by atoms with Gasteiger partial charge in [-0.1, -0.05) is 41.9 Å². The highest BCUT2D eigenvalue weighted by Gasteiger charge is 2.23. The maximum Gasteiger partial charge on any atom is 0.0870 e. The Bertz CT molecular complexity index is 627. The van der Waals surface area contributed by atoms with E-state index in [1.807, 2.05) is 42.5 Å². The predicted molar refractivity (Wildman–Crippen MR) is 83.1 cm³/mol. The lowest BCUT2D eigenvalue weighted by Gasteiger charge is -2.23. The molecule has 0 aliphatic carbocycles. The van der Waals surface area contributed by atoms with Crippen molar-refractivity contribution in [2.75, 3.05) is 6.54 Å². The Labute approximate surface area is 129 Å². The van der Waals surface area contributed by atoms with Crippen molar-refractivity contribution in [1.29, 1.82) is 0 Å². The zero-order chi connectivity index (χ0) is 14.8. The Morgan fingerprint density at radius 3 is 2.43 bits per heavy atom. The van der Waals surface area contributed by atoms with E-state index in [1.165, 1.54) is 5.56 Å². The number of fused-ring (bicyclic) bond motifs is 1. The quantitative estimate of drug-likeness (QED) is 0.912. The molecule has 2 aromatic rings. The Hall–Kier alpha value is -1.39. The average Bonchev–Trinajstić information content (AvgIpc) is 2.97. The van der Waals surface area contributed by atoms with E-state index < -0.39 is 6.10 Å². The van der Waals surface area contributed by atoms with Gasteiger partial charge in [0, 0.05) is 17.5 Å². The van der Waals surface area contributed by atoms with Crippen LogP contribution in [0.3, 0.4) is 0 Å². The fraction of sp³-hybridized carbons (Fsp3) is 0.294. The highest BCUT2D eigenvalue weighted by molar-refractivity contribution is 6.30. The first kappa shape index (κ1) is 14.5. The molecule has 0 spiro atoms. The molecule has 0 aromatic heterocycles. The second-order valence-electron chi connectivity index (χ2n) is 5.36. The molecule has 0 saturated heterocycles. The fourth-order valence-electron chi connectivity index (χ4n) is 2.77. The number of ether oxygens (including phenoxy) is 1. The van der Waals surface area contributed by atoms with Crippen LogP contribution in [-0.2, 0) is 18.0 Å². The molecule has 1 aliphatic heterocycles. The first-order valence-electron chi connectivity index (χ1n) is 7.02. The zero-order valence-electron chi connectivity index (χ0n) is 11.6. The molecule has 0 fully saturated rings. The van der Waals surface area contributed by atoms with Gasteiger partial charge in [-0.15, -0.1) is 0 Å². The molecule has 0 radical (unpaired) electrons. The zero-order valence-corrected chi connectivity index (χ0v) is 12.4. The van der Waals surface area contributed by atoms with Crippen molar-refractivity contribution >= 4 is 11.6 Å². The van der Waals surface area contributed by atoms with Gasteiger partial charge in [-0.3, -0.25) is 0 Å². The second kappa shape index (κ2) is 6.16. The van der Waals surface area contributed by atoms with Gasteiger partial charge in [0.15, 0.2) is 0 Å². The van der Waals surface area contributed by atoms with Gasteiger partial charge in [0.25, 0.3) is 0 Å². The van der Waals surface area contributed by atoms with Gasteiger partial charge in [-0.2, -0.15) is 0 Å². The third-order valence-electron chi connectivity index (χ3n) is 4.02. The number of rotatable bonds is 4. The topological polar surface area (TPSA) is 55.5 Å². The molecule has 0 amide bonds. The molecular formula is C17H18ClNO2. The van der Waals surface area contributed by atoms with Crippen molar-refractivity contribution in [2.45, 2.75) is 25.2 Å². The Morgan fingerprint density at radius 1 is 1.05 bits per heavy atom. The number of halogens is 1. The fourth-order valence-corrected chi connectivity index (χ4v) is 2.89. The van der Waals surface area contributed by atoms with Crippen LogP contribution < -0.4 is 5.73 Å². The molecule has 2 atom stereocenters. The van der Waals surface area contributed by atoms with Crippen LogP contribution in [-0.4, -0.2) is 11.7 Å². The number of benzene rings is 2. The molecule has 110 valence electrons. The first-order chi connectivity index (χ1) is 10.2. The minimum Gasteiger partial charge on any atom is -0.388 e. The van der Waals surface area contributed by atoms with Crippen LogP contribution in [0.2, 0.25) is 5.02 Å². The van der Waals surface area contributed by atoms with E-state index in [2.05, 4.69) is 0 Å². The van der Waals surface area contributed by atoms with Crippen molar-refractivity contribution < 1.29 is 9.84 Å². The maximum absolute atomic E-state index is 10.7. The SMILES string of the molecule is NCC(c1ccc(Cl)cc1)C(O)c1ccc2c(c1)COC2. The van der Waals surface area contributed by atoms with Gasteiger partial charge in [0.2, 0.25) is 0 Å². The number of hydrogen-bond acceptors (Lipinski definition) is 3. The molecule has 1 aliphatic rings. The van der Waals surface area contributed by atoms with Gasteiger partial charge < -0.3 is 15.6 Å². The van der Waals surface area contributed by atoms with E-state index in [4.69, 9.17) is 22.1 Å². The summed E-state index contributed by atoms with van der Waals surface area (Å²) in [6, 6.07) is 13.5. The molecular weight excluding hydrogens is 286 g/mol. The normalized spacial score (nSPS) is 16.5. The summed E-state index contributed by atoms with van der Waals surface area (Å²) in [6.07, 6.45) is -0.637. The van der Waals surface area contributed by atoms with Gasteiger partial charge in [-0.05, 0) is 34.4 Å². The third kappa shape index (κ3) is 2.97. The van der Waals surface area contributed by atoms with Gasteiger partial charge in [0.1, 0.15) is 0 Å². The third-order valence-corrected chi connectivity index (χ3v) is 4.27. The summed E-state index contributed by atoms with van der Waals surface area (Å²) in [5, 5.41) is 11.4. The van der Waals surface area contributed by atoms with Crippen molar-refractivity contribution in [3.63, 3.8) is 0 Å². The molecule has 21 heavy (non-hydrogen) atoms. The summed E-state index contributed by atoms with van der Waals surface area (Å²) in [6.45, 7) is 1.64. The monoisotopic (exact) mass is 303 g/mol. The van der Waals surface area contributed by atoms with Crippen LogP contribution in [0, 0.1) is 0 Å². The summed E-state index contributed by atoms with van der Waals surface area (Å²) >= 11 is 5.91. The lowest BCUT2D eigenvalue weighted by molar-refractivity contribution is 0.134. The largest absolute Gasteiger partial charge is 0.388 e. The van der Waals surface area contributed by atoms with Crippen LogP contribution in [0.1, 0.15) is 34.3 Å². The highest BCUT2D eigenvalue weighted by atomic mass is 35.5. The summed E-state index contributed by atoms with van der Waals surface area (Å²) < 4.78 is 5.41. The van der Waals surface area contributed by atoms with Gasteiger partial charge in [-0.25, -0.2) is 0 Å². The van der Waals surface area contributed by atoms with Crippen molar-refractivity contribution in [3.05, 3.63) is 69.7 Å². The lowest BCUT2D eigenvalue weighted by Crippen LogP contribution is -2.20. The molecule has 2 unspecified atom stereocenters. The van der Waals surface area contributed by atoms with Crippen LogP contribution in [0.5, 0.6) is 0 Å². The summed E-state index contributed by atoms with van der Waals surface area (Å²) in [5.41, 5.74) is 10.1. The highest BCUT2D eigenvalue weighted by Crippen LogP contribution is 2.33. The summed E-state index contributed by atoms with van der Waals surface area (Å²) in [4.78, 5) is 0. The average molecular weight is 304 g/mol. The van der Waals surface area contributed by atoms with Gasteiger partial charge in [0.05, 0.1) is 19.3 Å². The number of aliphatic hydroxyl groups excluding tert-OH is 1. The Kier molecular flexibility index (Phi) is 4.27. The first-order valence-corrected chi connectivity index (χ1v) is 7.40. The molecule has 0 bridgehead atoms. The van der Waals surface area contributed by atoms with Crippen molar-refractivity contribution in [1.82, 2.24) is 0 Å². The van der Waals surface area contributed by atoms with E-state index >= 15 is 0 Å². The molecule has 3 nitrogen and oxygen atoms in total. The van der Waals surface area contributed by atoms with Crippen molar-refractivity contribution in [2.24, 2.45) is 5.73 Å². The van der Waals surface area contributed by atoms with E-state index in [9.17, 15) is 5.11 Å². The maximum atomic E-state index is 10.7. The van der Waals surface area contributed by atoms with E-state index in [0.29, 0.717) is 24.8 Å². The minimum absolute atomic E-state index is 0.150. The minimum atomic E-state index is -0.637. The molecule has 4 heteroatoms. The standard InChI is InChI=1S/C17H18ClNO2/c18-15-5-3-11(4-6-15)16(8-19)17(20)12-1-2-13-9-21-10-14(13)7-12/h1-7,16-17,20H,8-10,19H2. The lowest BCUT2D eigenvalue weighted by atomic mass is 9.88. The summed E-state index contributed by atoms with van der Waals surface area (Å²) in [5.74, 6) is -0.150. The van der Waals surface area contributed by atoms with Crippen LogP contribution in [0.15, 0.2) is 42.5 Å². The number of aliphatic hydroxyl groups is 1. The van der Waals surface area contributed by atoms with E-state index in [1.54, 1.807) is 0 Å². The Balaban J connectivity index is 1.88. The van der Waals surface area contributed by atoms with Crippen molar-refractivity contribution in [3.8, 4) is 0 Å². The van der Waals surface area contributed by atoms with E-state index in [0.717, 1.165) is 16.7 Å². The predicted octanol–water partition coefficient (Wildman–Crippen LogP) is 3.15. The van der Waals surface area contributed by atoms with Crippen LogP contribution in [0.4, 0.5) is 0 Å². The number of nitrogens with two attached hydrogens (primary N) is 1. The smallest absolute Gasteiger partial charge is 0.0870 e. The van der Waals surface area contributed by atoms with E-state index in [-0.39, 0.29) is 5.92 Å². The molecule has 2 aromatic carbocycles. The van der Waals surface area contributed by atoms with Crippen LogP contribution in [0.25, 0.3) is 0 Å². The van der Waals surface area contributed by atoms with Gasteiger partial charge >= 0.3 is 0 Å². The molecule has 3 rings (SSSR count). The van der Waals surface area contributed by atoms with Crippen LogP contribution >= 0.6 is 11.6 Å². The number of hydrogen-bond donors (Lipinski definition) is 2. The second-order valence-corrected chi connectivity index (χ2v) is 5.80. The summed E-state index contributed by atoms with van der Waals surface area (Å²) in [7, 11) is 0. The molecule has 3 N–H and O–H groups in total. The Morgan fingerprint density at radius 2 is 1.71 bits per heavy atom. The molecule has 0 saturated carbocycles.